The van der Waals surface area contributed by atoms with Gasteiger partial charge in [0.15, 0.2) is 0 Å². The second kappa shape index (κ2) is 6.03. The first kappa shape index (κ1) is 14.5. The topological polar surface area (TPSA) is 68.3 Å². The van der Waals surface area contributed by atoms with Crippen LogP contribution in [0.15, 0.2) is 18.3 Å². The number of imide groups is 1. The Hall–Kier alpha value is -1.91. The van der Waals surface area contributed by atoms with Crippen molar-refractivity contribution in [1.29, 1.82) is 0 Å². The third kappa shape index (κ3) is 3.15. The van der Waals surface area contributed by atoms with Gasteiger partial charge in [-0.3, -0.25) is 14.9 Å². The van der Waals surface area contributed by atoms with Crippen molar-refractivity contribution in [3.63, 3.8) is 0 Å². The maximum Gasteiger partial charge on any atom is 0.230 e. The molecule has 1 aromatic rings. The number of carbonyl (C=O) groups is 2. The normalized spacial score (nSPS) is 22.8. The molecule has 108 valence electrons. The number of carbonyl (C=O) groups excluding carboxylic acids is 2. The number of hydrogen-bond donors (Lipinski definition) is 1. The molecule has 1 aromatic heterocycles. The summed E-state index contributed by atoms with van der Waals surface area (Å²) in [6, 6.07) is 3.65. The van der Waals surface area contributed by atoms with E-state index in [1.54, 1.807) is 19.4 Å². The molecular formula is C15H20N2O3. The first-order chi connectivity index (χ1) is 9.51. The average Bonchev–Trinajstić information content (AvgIpc) is 2.41. The number of pyridine rings is 1. The highest BCUT2D eigenvalue weighted by Gasteiger charge is 2.37. The molecule has 0 aliphatic carbocycles. The molecule has 0 radical (unpaired) electrons. The highest BCUT2D eigenvalue weighted by Crippen LogP contribution is 2.35. The van der Waals surface area contributed by atoms with E-state index >= 15 is 0 Å². The van der Waals surface area contributed by atoms with Crippen LogP contribution in [0.1, 0.15) is 38.2 Å². The Balaban J connectivity index is 2.27. The third-order valence-electron chi connectivity index (χ3n) is 3.61. The predicted octanol–water partition coefficient (Wildman–Crippen LogP) is 1.88. The molecule has 5 heteroatoms. The lowest BCUT2D eigenvalue weighted by molar-refractivity contribution is -0.137. The average molecular weight is 276 g/mol. The zero-order valence-electron chi connectivity index (χ0n) is 12.1. The molecule has 2 amide bonds. The van der Waals surface area contributed by atoms with Crippen molar-refractivity contribution in [1.82, 2.24) is 10.3 Å². The number of hydrogen-bond acceptors (Lipinski definition) is 4. The van der Waals surface area contributed by atoms with Crippen LogP contribution in [-0.2, 0) is 9.59 Å². The molecule has 1 N–H and O–H groups in total. The molecule has 0 aromatic carbocycles. The smallest absolute Gasteiger partial charge is 0.230 e. The van der Waals surface area contributed by atoms with Gasteiger partial charge >= 0.3 is 0 Å². The Labute approximate surface area is 118 Å². The molecule has 1 fully saturated rings. The molecule has 5 nitrogen and oxygen atoms in total. The molecule has 1 aliphatic rings. The molecule has 2 heterocycles. The molecule has 0 bridgehead atoms. The zero-order valence-corrected chi connectivity index (χ0v) is 12.1. The lowest BCUT2D eigenvalue weighted by Crippen LogP contribution is -2.45. The van der Waals surface area contributed by atoms with Crippen molar-refractivity contribution in [3.8, 4) is 5.88 Å². The monoisotopic (exact) mass is 276 g/mol. The highest BCUT2D eigenvalue weighted by atomic mass is 16.5. The Morgan fingerprint density at radius 3 is 2.70 bits per heavy atom. The van der Waals surface area contributed by atoms with Gasteiger partial charge in [0.2, 0.25) is 17.7 Å². The number of amides is 2. The van der Waals surface area contributed by atoms with E-state index in [-0.39, 0.29) is 23.7 Å². The van der Waals surface area contributed by atoms with E-state index < -0.39 is 0 Å². The van der Waals surface area contributed by atoms with Crippen LogP contribution in [0.25, 0.3) is 0 Å². The Kier molecular flexibility index (Phi) is 4.37. The first-order valence-corrected chi connectivity index (χ1v) is 6.85. The van der Waals surface area contributed by atoms with Gasteiger partial charge in [-0.2, -0.15) is 0 Å². The van der Waals surface area contributed by atoms with Gasteiger partial charge in [0, 0.05) is 30.5 Å². The van der Waals surface area contributed by atoms with Crippen molar-refractivity contribution in [2.75, 3.05) is 7.11 Å². The molecule has 2 atom stereocenters. The van der Waals surface area contributed by atoms with Gasteiger partial charge in [0.1, 0.15) is 0 Å². The fourth-order valence-corrected chi connectivity index (χ4v) is 2.67. The Morgan fingerprint density at radius 1 is 1.40 bits per heavy atom. The van der Waals surface area contributed by atoms with Crippen molar-refractivity contribution < 1.29 is 14.3 Å². The number of nitrogens with one attached hydrogen (secondary N) is 1. The summed E-state index contributed by atoms with van der Waals surface area (Å²) in [6.07, 6.45) is 2.79. The number of aromatic nitrogens is 1. The van der Waals surface area contributed by atoms with Crippen LogP contribution in [-0.4, -0.2) is 23.9 Å². The molecule has 0 spiro atoms. The first-order valence-electron chi connectivity index (χ1n) is 6.85. The molecule has 2 unspecified atom stereocenters. The second-order valence-electron chi connectivity index (χ2n) is 5.59. The minimum atomic E-state index is -0.212. The summed E-state index contributed by atoms with van der Waals surface area (Å²) >= 11 is 0. The van der Waals surface area contributed by atoms with Gasteiger partial charge in [0.05, 0.1) is 7.11 Å². The number of methoxy groups -OCH3 is 1. The van der Waals surface area contributed by atoms with E-state index in [4.69, 9.17) is 4.74 Å². The summed E-state index contributed by atoms with van der Waals surface area (Å²) in [5.74, 6) is 0.264. The van der Waals surface area contributed by atoms with Crippen molar-refractivity contribution in [3.05, 3.63) is 23.9 Å². The molecule has 0 saturated carbocycles. The molecule has 20 heavy (non-hydrogen) atoms. The lowest BCUT2D eigenvalue weighted by atomic mass is 9.77. The van der Waals surface area contributed by atoms with Crippen LogP contribution >= 0.6 is 0 Å². The maximum atomic E-state index is 12.1. The fraction of sp³-hybridized carbons (Fsp3) is 0.533. The fourth-order valence-electron chi connectivity index (χ4n) is 2.67. The molecule has 1 saturated heterocycles. The van der Waals surface area contributed by atoms with Crippen molar-refractivity contribution in [2.24, 2.45) is 11.8 Å². The summed E-state index contributed by atoms with van der Waals surface area (Å²) in [5, 5.41) is 2.43. The van der Waals surface area contributed by atoms with E-state index in [0.29, 0.717) is 18.2 Å². The van der Waals surface area contributed by atoms with E-state index in [9.17, 15) is 9.59 Å². The number of nitrogens with zero attached hydrogens (tertiary/aromatic N) is 1. The van der Waals surface area contributed by atoms with Gasteiger partial charge in [-0.05, 0) is 17.9 Å². The van der Waals surface area contributed by atoms with E-state index in [1.165, 1.54) is 0 Å². The SMILES string of the molecule is COc1ccc(C2CC(=O)NC(=O)C2CC(C)C)cn1. The van der Waals surface area contributed by atoms with E-state index in [2.05, 4.69) is 24.1 Å². The zero-order chi connectivity index (χ0) is 14.7. The molecular weight excluding hydrogens is 256 g/mol. The van der Waals surface area contributed by atoms with Crippen LogP contribution < -0.4 is 10.1 Å². The van der Waals surface area contributed by atoms with Crippen LogP contribution in [0.4, 0.5) is 0 Å². The quantitative estimate of drug-likeness (QED) is 0.853. The predicted molar refractivity (Wildman–Crippen MR) is 74.2 cm³/mol. The van der Waals surface area contributed by atoms with Gasteiger partial charge in [0.25, 0.3) is 0 Å². The second-order valence-corrected chi connectivity index (χ2v) is 5.59. The van der Waals surface area contributed by atoms with E-state index in [0.717, 1.165) is 12.0 Å². The summed E-state index contributed by atoms with van der Waals surface area (Å²) < 4.78 is 5.03. The summed E-state index contributed by atoms with van der Waals surface area (Å²) in [5.41, 5.74) is 0.916. The third-order valence-corrected chi connectivity index (χ3v) is 3.61. The Morgan fingerprint density at radius 2 is 2.15 bits per heavy atom. The standard InChI is InChI=1S/C15H20N2O3/c1-9(2)6-12-11(7-13(18)17-15(12)19)10-4-5-14(20-3)16-8-10/h4-5,8-9,11-12H,6-7H2,1-3H3,(H,17,18,19). The van der Waals surface area contributed by atoms with Crippen molar-refractivity contribution in [2.45, 2.75) is 32.6 Å². The largest absolute Gasteiger partial charge is 0.481 e. The van der Waals surface area contributed by atoms with Crippen LogP contribution in [0.3, 0.4) is 0 Å². The van der Waals surface area contributed by atoms with Crippen molar-refractivity contribution >= 4 is 11.8 Å². The number of piperidine rings is 1. The Bertz CT molecular complexity index is 496. The summed E-state index contributed by atoms with van der Waals surface area (Å²) in [4.78, 5) is 27.9. The lowest BCUT2D eigenvalue weighted by Gasteiger charge is -2.31. The number of ether oxygens (including phenoxy) is 1. The van der Waals surface area contributed by atoms with Gasteiger partial charge in [-0.25, -0.2) is 4.98 Å². The van der Waals surface area contributed by atoms with Crippen LogP contribution in [0.2, 0.25) is 0 Å². The van der Waals surface area contributed by atoms with Gasteiger partial charge in [-0.1, -0.05) is 19.9 Å². The van der Waals surface area contributed by atoms with E-state index in [1.807, 2.05) is 6.07 Å². The summed E-state index contributed by atoms with van der Waals surface area (Å²) in [7, 11) is 1.56. The minimum absolute atomic E-state index is 0.0999. The molecule has 2 rings (SSSR count). The summed E-state index contributed by atoms with van der Waals surface area (Å²) in [6.45, 7) is 4.15. The highest BCUT2D eigenvalue weighted by molar-refractivity contribution is 5.99. The minimum Gasteiger partial charge on any atom is -0.481 e. The van der Waals surface area contributed by atoms with Crippen LogP contribution in [0, 0.1) is 11.8 Å². The van der Waals surface area contributed by atoms with Gasteiger partial charge < -0.3 is 4.74 Å². The molecule has 1 aliphatic heterocycles. The number of rotatable bonds is 4. The van der Waals surface area contributed by atoms with Crippen LogP contribution in [0.5, 0.6) is 5.88 Å². The van der Waals surface area contributed by atoms with Gasteiger partial charge in [-0.15, -0.1) is 0 Å². The maximum absolute atomic E-state index is 12.1.